The average molecular weight is 294 g/mol. The third-order valence-corrected chi connectivity index (χ3v) is 5.36. The van der Waals surface area contributed by atoms with Gasteiger partial charge in [0, 0.05) is 26.9 Å². The molecule has 0 aliphatic carbocycles. The molecule has 3 aromatic rings. The maximum atomic E-state index is 6.27. The second kappa shape index (κ2) is 5.02. The Balaban J connectivity index is 1.85. The summed E-state index contributed by atoms with van der Waals surface area (Å²) in [5.74, 6) is 0. The van der Waals surface area contributed by atoms with Gasteiger partial charge in [-0.2, -0.15) is 0 Å². The van der Waals surface area contributed by atoms with E-state index < -0.39 is 0 Å². The Morgan fingerprint density at radius 2 is 1.94 bits per heavy atom. The van der Waals surface area contributed by atoms with E-state index in [1.165, 1.54) is 19.8 Å². The van der Waals surface area contributed by atoms with Crippen LogP contribution in [-0.2, 0) is 6.42 Å². The molecule has 3 rings (SSSR count). The molecule has 1 aromatic carbocycles. The molecule has 0 radical (unpaired) electrons. The molecule has 0 bridgehead atoms. The van der Waals surface area contributed by atoms with Crippen molar-refractivity contribution in [2.24, 2.45) is 5.73 Å². The lowest BCUT2D eigenvalue weighted by molar-refractivity contribution is 0.746. The van der Waals surface area contributed by atoms with Crippen molar-refractivity contribution in [1.29, 1.82) is 0 Å². The Labute approximate surface area is 119 Å². The molecule has 0 aliphatic heterocycles. The molecule has 0 saturated carbocycles. The van der Waals surface area contributed by atoms with Gasteiger partial charge in [-0.05, 0) is 29.7 Å². The summed E-state index contributed by atoms with van der Waals surface area (Å²) in [6, 6.07) is 14.6. The van der Waals surface area contributed by atoms with Crippen molar-refractivity contribution in [3.8, 4) is 0 Å². The molecule has 0 saturated heterocycles. The van der Waals surface area contributed by atoms with Crippen molar-refractivity contribution in [1.82, 2.24) is 0 Å². The van der Waals surface area contributed by atoms with Gasteiger partial charge in [-0.1, -0.05) is 29.8 Å². The fraction of sp³-hybridized carbons (Fsp3) is 0.143. The first-order chi connectivity index (χ1) is 8.72. The maximum Gasteiger partial charge on any atom is 0.0931 e. The lowest BCUT2D eigenvalue weighted by Gasteiger charge is -2.06. The van der Waals surface area contributed by atoms with Gasteiger partial charge < -0.3 is 5.73 Å². The van der Waals surface area contributed by atoms with Gasteiger partial charge in [0.05, 0.1) is 4.34 Å². The highest BCUT2D eigenvalue weighted by Crippen LogP contribution is 2.32. The van der Waals surface area contributed by atoms with Crippen molar-refractivity contribution in [2.45, 2.75) is 12.5 Å². The van der Waals surface area contributed by atoms with Gasteiger partial charge in [0.2, 0.25) is 0 Å². The van der Waals surface area contributed by atoms with Crippen LogP contribution in [0.4, 0.5) is 0 Å². The van der Waals surface area contributed by atoms with Crippen LogP contribution in [0.1, 0.15) is 15.8 Å². The molecule has 0 fully saturated rings. The van der Waals surface area contributed by atoms with Crippen LogP contribution >= 0.6 is 34.3 Å². The monoisotopic (exact) mass is 293 g/mol. The second-order valence-electron chi connectivity index (χ2n) is 4.20. The summed E-state index contributed by atoms with van der Waals surface area (Å²) in [6.07, 6.45) is 0.851. The minimum Gasteiger partial charge on any atom is -0.323 e. The predicted octanol–water partition coefficient (Wildman–Crippen LogP) is 4.86. The molecule has 2 heterocycles. The van der Waals surface area contributed by atoms with Gasteiger partial charge in [0.15, 0.2) is 0 Å². The van der Waals surface area contributed by atoms with Crippen molar-refractivity contribution in [2.75, 3.05) is 0 Å². The molecule has 1 nitrogen and oxygen atoms in total. The second-order valence-corrected chi connectivity index (χ2v) is 7.12. The molecule has 1 atom stereocenters. The zero-order valence-electron chi connectivity index (χ0n) is 9.60. The molecular weight excluding hydrogens is 282 g/mol. The van der Waals surface area contributed by atoms with Gasteiger partial charge in [0.25, 0.3) is 0 Å². The molecule has 0 spiro atoms. The molecule has 1 unspecified atom stereocenters. The van der Waals surface area contributed by atoms with E-state index in [-0.39, 0.29) is 6.04 Å². The van der Waals surface area contributed by atoms with Crippen molar-refractivity contribution in [3.63, 3.8) is 0 Å². The number of hydrogen-bond acceptors (Lipinski definition) is 3. The SMILES string of the molecule is NC(Cc1ccc(Cl)s1)c1cc2ccccc2s1. The zero-order valence-corrected chi connectivity index (χ0v) is 12.0. The Bertz CT molecular complexity index is 638. The number of rotatable bonds is 3. The molecular formula is C14H12ClNS2. The van der Waals surface area contributed by atoms with Crippen LogP contribution in [0, 0.1) is 0 Å². The fourth-order valence-corrected chi connectivity index (χ4v) is 4.18. The number of halogens is 1. The normalized spacial score (nSPS) is 13.0. The van der Waals surface area contributed by atoms with E-state index in [1.54, 1.807) is 22.7 Å². The number of nitrogens with two attached hydrogens (primary N) is 1. The summed E-state index contributed by atoms with van der Waals surface area (Å²) in [4.78, 5) is 2.48. The van der Waals surface area contributed by atoms with Crippen LogP contribution in [0.15, 0.2) is 42.5 Å². The number of hydrogen-bond donors (Lipinski definition) is 1. The van der Waals surface area contributed by atoms with Crippen LogP contribution in [-0.4, -0.2) is 0 Å². The van der Waals surface area contributed by atoms with Crippen LogP contribution in [0.25, 0.3) is 10.1 Å². The van der Waals surface area contributed by atoms with E-state index in [9.17, 15) is 0 Å². The van der Waals surface area contributed by atoms with E-state index in [2.05, 4.69) is 36.4 Å². The van der Waals surface area contributed by atoms with Crippen molar-refractivity contribution >= 4 is 44.4 Å². The van der Waals surface area contributed by atoms with Crippen LogP contribution < -0.4 is 5.73 Å². The van der Waals surface area contributed by atoms with Gasteiger partial charge in [-0.15, -0.1) is 22.7 Å². The highest BCUT2D eigenvalue weighted by Gasteiger charge is 2.12. The molecule has 18 heavy (non-hydrogen) atoms. The van der Waals surface area contributed by atoms with Crippen LogP contribution in [0.3, 0.4) is 0 Å². The number of fused-ring (bicyclic) bond motifs is 1. The molecule has 92 valence electrons. The third kappa shape index (κ3) is 2.45. The minimum atomic E-state index is 0.0529. The quantitative estimate of drug-likeness (QED) is 0.733. The largest absolute Gasteiger partial charge is 0.323 e. The first kappa shape index (κ1) is 12.2. The van der Waals surface area contributed by atoms with E-state index in [0.29, 0.717) is 0 Å². The number of thiophene rings is 2. The van der Waals surface area contributed by atoms with Crippen molar-refractivity contribution in [3.05, 3.63) is 56.6 Å². The van der Waals surface area contributed by atoms with Gasteiger partial charge in [-0.3, -0.25) is 0 Å². The highest BCUT2D eigenvalue weighted by molar-refractivity contribution is 7.19. The minimum absolute atomic E-state index is 0.0529. The maximum absolute atomic E-state index is 6.27. The Hall–Kier alpha value is -0.870. The molecule has 2 aromatic heterocycles. The standard InChI is InChI=1S/C14H12ClNS2/c15-14-6-5-10(17-14)8-11(16)13-7-9-3-1-2-4-12(9)18-13/h1-7,11H,8,16H2. The van der Waals surface area contributed by atoms with Gasteiger partial charge in [-0.25, -0.2) is 0 Å². The smallest absolute Gasteiger partial charge is 0.0931 e. The highest BCUT2D eigenvalue weighted by atomic mass is 35.5. The van der Waals surface area contributed by atoms with E-state index in [0.717, 1.165) is 10.8 Å². The van der Waals surface area contributed by atoms with Gasteiger partial charge >= 0.3 is 0 Å². The topological polar surface area (TPSA) is 26.0 Å². The Kier molecular flexibility index (Phi) is 3.39. The molecule has 0 amide bonds. The average Bonchev–Trinajstić information content (AvgIpc) is 2.95. The lowest BCUT2D eigenvalue weighted by atomic mass is 10.1. The van der Waals surface area contributed by atoms with E-state index in [4.69, 9.17) is 17.3 Å². The zero-order chi connectivity index (χ0) is 12.5. The Morgan fingerprint density at radius 3 is 2.67 bits per heavy atom. The molecule has 4 heteroatoms. The van der Waals surface area contributed by atoms with Crippen LogP contribution in [0.2, 0.25) is 4.34 Å². The van der Waals surface area contributed by atoms with Crippen LogP contribution in [0.5, 0.6) is 0 Å². The number of benzene rings is 1. The van der Waals surface area contributed by atoms with Gasteiger partial charge in [0.1, 0.15) is 0 Å². The summed E-state index contributed by atoms with van der Waals surface area (Å²) in [6.45, 7) is 0. The predicted molar refractivity (Wildman–Crippen MR) is 81.8 cm³/mol. The summed E-state index contributed by atoms with van der Waals surface area (Å²) >= 11 is 9.32. The lowest BCUT2D eigenvalue weighted by Crippen LogP contribution is -2.10. The van der Waals surface area contributed by atoms with E-state index >= 15 is 0 Å². The summed E-state index contributed by atoms with van der Waals surface area (Å²) < 4.78 is 2.13. The molecule has 0 aliphatic rings. The summed E-state index contributed by atoms with van der Waals surface area (Å²) in [5.41, 5.74) is 6.27. The Morgan fingerprint density at radius 1 is 1.11 bits per heavy atom. The third-order valence-electron chi connectivity index (χ3n) is 2.86. The summed E-state index contributed by atoms with van der Waals surface area (Å²) in [7, 11) is 0. The fourth-order valence-electron chi connectivity index (χ4n) is 1.96. The first-order valence-corrected chi connectivity index (χ1v) is 7.72. The first-order valence-electron chi connectivity index (χ1n) is 5.70. The van der Waals surface area contributed by atoms with Crippen molar-refractivity contribution < 1.29 is 0 Å². The summed E-state index contributed by atoms with van der Waals surface area (Å²) in [5, 5.41) is 1.28. The van der Waals surface area contributed by atoms with E-state index in [1.807, 2.05) is 6.07 Å². The molecule has 2 N–H and O–H groups in total.